The Labute approximate surface area is 86.7 Å². The van der Waals surface area contributed by atoms with Crippen LogP contribution in [0.1, 0.15) is 30.8 Å². The van der Waals surface area contributed by atoms with Crippen molar-refractivity contribution in [1.29, 1.82) is 0 Å². The van der Waals surface area contributed by atoms with Gasteiger partial charge < -0.3 is 20.4 Å². The third-order valence-electron chi connectivity index (χ3n) is 2.39. The first-order chi connectivity index (χ1) is 7.00. The smallest absolute Gasteiger partial charge is 0.323 e. The van der Waals surface area contributed by atoms with Gasteiger partial charge in [-0.15, -0.1) is 0 Å². The van der Waals surface area contributed by atoms with Crippen LogP contribution in [-0.2, 0) is 0 Å². The van der Waals surface area contributed by atoms with Gasteiger partial charge in [0.2, 0.25) is 0 Å². The summed E-state index contributed by atoms with van der Waals surface area (Å²) in [6, 6.07) is 0. The largest absolute Gasteiger partial charge is 0.394 e. The van der Waals surface area contributed by atoms with Gasteiger partial charge in [-0.25, -0.2) is 4.79 Å². The monoisotopic (exact) mass is 213 g/mol. The fraction of sp³-hybridized carbons (Fsp3) is 0.556. The van der Waals surface area contributed by atoms with E-state index in [1.165, 1.54) is 6.20 Å². The summed E-state index contributed by atoms with van der Waals surface area (Å²) in [5.74, 6) is -0.410. The van der Waals surface area contributed by atoms with E-state index in [1.807, 2.05) is 6.92 Å². The van der Waals surface area contributed by atoms with Crippen molar-refractivity contribution in [2.45, 2.75) is 25.8 Å². The number of nitrogens with one attached hydrogen (secondary N) is 3. The SMILES string of the molecule is CCC(C)(CO)NC(=O)c1c[nH]c(=O)[nH]1. The molecule has 0 saturated heterocycles. The van der Waals surface area contributed by atoms with E-state index < -0.39 is 17.1 Å². The molecular formula is C9H15N3O3. The first-order valence-corrected chi connectivity index (χ1v) is 4.72. The van der Waals surface area contributed by atoms with E-state index >= 15 is 0 Å². The highest BCUT2D eigenvalue weighted by Crippen LogP contribution is 2.08. The number of carbonyl (C=O) groups excluding carboxylic acids is 1. The molecule has 84 valence electrons. The van der Waals surface area contributed by atoms with Crippen molar-refractivity contribution in [3.63, 3.8) is 0 Å². The van der Waals surface area contributed by atoms with Crippen molar-refractivity contribution in [3.05, 3.63) is 22.4 Å². The minimum Gasteiger partial charge on any atom is -0.394 e. The van der Waals surface area contributed by atoms with E-state index in [1.54, 1.807) is 6.92 Å². The molecule has 1 amide bonds. The number of imidazole rings is 1. The maximum absolute atomic E-state index is 11.6. The van der Waals surface area contributed by atoms with Gasteiger partial charge >= 0.3 is 5.69 Å². The Kier molecular flexibility index (Phi) is 3.31. The molecule has 6 heteroatoms. The second-order valence-electron chi connectivity index (χ2n) is 3.68. The summed E-state index contributed by atoms with van der Waals surface area (Å²) in [4.78, 5) is 27.0. The van der Waals surface area contributed by atoms with Crippen LogP contribution in [0.25, 0.3) is 0 Å². The van der Waals surface area contributed by atoms with Crippen molar-refractivity contribution < 1.29 is 9.90 Å². The molecular weight excluding hydrogens is 198 g/mol. The molecule has 0 spiro atoms. The Morgan fingerprint density at radius 3 is 2.73 bits per heavy atom. The van der Waals surface area contributed by atoms with E-state index in [9.17, 15) is 9.59 Å². The Balaban J connectivity index is 2.75. The number of rotatable bonds is 4. The molecule has 0 saturated carbocycles. The standard InChI is InChI=1S/C9H15N3O3/c1-3-9(2,5-13)12-7(14)6-4-10-8(15)11-6/h4,13H,3,5H2,1-2H3,(H,12,14)(H2,10,11,15). The second kappa shape index (κ2) is 4.31. The number of aliphatic hydroxyl groups is 1. The fourth-order valence-corrected chi connectivity index (χ4v) is 1.04. The van der Waals surface area contributed by atoms with Crippen LogP contribution in [0, 0.1) is 0 Å². The van der Waals surface area contributed by atoms with E-state index in [4.69, 9.17) is 5.11 Å². The summed E-state index contributed by atoms with van der Waals surface area (Å²) in [5, 5.41) is 11.7. The van der Waals surface area contributed by atoms with E-state index in [0.717, 1.165) is 0 Å². The molecule has 0 aliphatic rings. The lowest BCUT2D eigenvalue weighted by atomic mass is 10.0. The molecule has 0 aromatic carbocycles. The topological polar surface area (TPSA) is 98.0 Å². The molecule has 1 unspecified atom stereocenters. The highest BCUT2D eigenvalue weighted by Gasteiger charge is 2.24. The molecule has 0 aliphatic heterocycles. The number of amides is 1. The van der Waals surface area contributed by atoms with Crippen molar-refractivity contribution in [3.8, 4) is 0 Å². The Bertz CT molecular complexity index is 389. The zero-order valence-electron chi connectivity index (χ0n) is 8.76. The Hall–Kier alpha value is -1.56. The molecule has 0 bridgehead atoms. The number of hydrogen-bond donors (Lipinski definition) is 4. The van der Waals surface area contributed by atoms with Gasteiger partial charge in [0.05, 0.1) is 12.1 Å². The molecule has 0 radical (unpaired) electrons. The molecule has 4 N–H and O–H groups in total. The van der Waals surface area contributed by atoms with Gasteiger partial charge in [-0.05, 0) is 13.3 Å². The summed E-state index contributed by atoms with van der Waals surface area (Å²) in [6.07, 6.45) is 1.90. The molecule has 15 heavy (non-hydrogen) atoms. The van der Waals surface area contributed by atoms with E-state index in [-0.39, 0.29) is 12.3 Å². The number of aromatic nitrogens is 2. The number of carbonyl (C=O) groups is 1. The molecule has 1 aromatic heterocycles. The second-order valence-corrected chi connectivity index (χ2v) is 3.68. The van der Waals surface area contributed by atoms with Gasteiger partial charge in [0, 0.05) is 6.20 Å². The molecule has 1 atom stereocenters. The zero-order chi connectivity index (χ0) is 11.5. The van der Waals surface area contributed by atoms with Crippen LogP contribution in [0.4, 0.5) is 0 Å². The average molecular weight is 213 g/mol. The van der Waals surface area contributed by atoms with Crippen LogP contribution >= 0.6 is 0 Å². The van der Waals surface area contributed by atoms with Crippen molar-refractivity contribution >= 4 is 5.91 Å². The molecule has 0 aliphatic carbocycles. The predicted octanol–water partition coefficient (Wildman–Crippen LogP) is -0.406. The minimum atomic E-state index is -0.661. The first kappa shape index (κ1) is 11.5. The summed E-state index contributed by atoms with van der Waals surface area (Å²) in [7, 11) is 0. The van der Waals surface area contributed by atoms with Crippen LogP contribution in [0.15, 0.2) is 11.0 Å². The molecule has 1 heterocycles. The van der Waals surface area contributed by atoms with Gasteiger partial charge in [0.15, 0.2) is 0 Å². The summed E-state index contributed by atoms with van der Waals surface area (Å²) >= 11 is 0. The van der Waals surface area contributed by atoms with Crippen molar-refractivity contribution in [2.24, 2.45) is 0 Å². The lowest BCUT2D eigenvalue weighted by Gasteiger charge is -2.26. The van der Waals surface area contributed by atoms with Crippen LogP contribution in [-0.4, -0.2) is 33.1 Å². The number of H-pyrrole nitrogens is 2. The first-order valence-electron chi connectivity index (χ1n) is 4.72. The fourth-order valence-electron chi connectivity index (χ4n) is 1.04. The third kappa shape index (κ3) is 2.69. The van der Waals surface area contributed by atoms with E-state index in [2.05, 4.69) is 15.3 Å². The zero-order valence-corrected chi connectivity index (χ0v) is 8.76. The van der Waals surface area contributed by atoms with Crippen molar-refractivity contribution in [2.75, 3.05) is 6.61 Å². The number of aliphatic hydroxyl groups excluding tert-OH is 1. The minimum absolute atomic E-state index is 0.149. The molecule has 6 nitrogen and oxygen atoms in total. The maximum atomic E-state index is 11.6. The summed E-state index contributed by atoms with van der Waals surface area (Å²) < 4.78 is 0. The molecule has 0 fully saturated rings. The number of hydrogen-bond acceptors (Lipinski definition) is 3. The third-order valence-corrected chi connectivity index (χ3v) is 2.39. The Morgan fingerprint density at radius 2 is 2.33 bits per heavy atom. The van der Waals surface area contributed by atoms with E-state index in [0.29, 0.717) is 6.42 Å². The van der Waals surface area contributed by atoms with Crippen LogP contribution < -0.4 is 11.0 Å². The number of aromatic amines is 2. The normalized spacial score (nSPS) is 14.6. The van der Waals surface area contributed by atoms with Crippen LogP contribution in [0.3, 0.4) is 0 Å². The predicted molar refractivity (Wildman–Crippen MR) is 54.7 cm³/mol. The average Bonchev–Trinajstić information content (AvgIpc) is 2.65. The Morgan fingerprint density at radius 1 is 1.67 bits per heavy atom. The summed E-state index contributed by atoms with van der Waals surface area (Å²) in [5.41, 5.74) is -0.930. The lowest BCUT2D eigenvalue weighted by molar-refractivity contribution is 0.0842. The quantitative estimate of drug-likeness (QED) is 0.547. The van der Waals surface area contributed by atoms with Crippen molar-refractivity contribution in [1.82, 2.24) is 15.3 Å². The van der Waals surface area contributed by atoms with Crippen LogP contribution in [0.5, 0.6) is 0 Å². The maximum Gasteiger partial charge on any atom is 0.323 e. The van der Waals surface area contributed by atoms with Gasteiger partial charge in [-0.3, -0.25) is 4.79 Å². The van der Waals surface area contributed by atoms with Gasteiger partial charge in [-0.1, -0.05) is 6.92 Å². The highest BCUT2D eigenvalue weighted by atomic mass is 16.3. The van der Waals surface area contributed by atoms with Gasteiger partial charge in [0.1, 0.15) is 5.69 Å². The van der Waals surface area contributed by atoms with Crippen LogP contribution in [0.2, 0.25) is 0 Å². The summed E-state index contributed by atoms with van der Waals surface area (Å²) in [6.45, 7) is 3.44. The van der Waals surface area contributed by atoms with Gasteiger partial charge in [0.25, 0.3) is 5.91 Å². The lowest BCUT2D eigenvalue weighted by Crippen LogP contribution is -2.48. The van der Waals surface area contributed by atoms with Gasteiger partial charge in [-0.2, -0.15) is 0 Å². The highest BCUT2D eigenvalue weighted by molar-refractivity contribution is 5.92. The molecule has 1 rings (SSSR count). The molecule has 1 aromatic rings.